The molecule has 3 amide bonds. The highest BCUT2D eigenvalue weighted by molar-refractivity contribution is 6.04. The summed E-state index contributed by atoms with van der Waals surface area (Å²) in [5.41, 5.74) is 1.84. The van der Waals surface area contributed by atoms with Gasteiger partial charge in [-0.25, -0.2) is 4.79 Å². The molecule has 0 aliphatic carbocycles. The molecule has 6 heteroatoms. The Hall–Kier alpha value is -3.02. The standard InChI is InChI=1S/C19H18N2O4/c22-18-15(10-13-4-2-1-3-5-13)20-19(23)21(18)12-14-6-7-16-17(11-14)25-9-8-24-16/h1-7,11,15H,8-10,12H2,(H,20,23)/t15-/m0/s1. The summed E-state index contributed by atoms with van der Waals surface area (Å²) in [6.45, 7) is 1.24. The highest BCUT2D eigenvalue weighted by Crippen LogP contribution is 2.31. The fourth-order valence-electron chi connectivity index (χ4n) is 3.08. The quantitative estimate of drug-likeness (QED) is 0.867. The number of hydrogen-bond donors (Lipinski definition) is 1. The second kappa shape index (κ2) is 6.47. The molecule has 0 spiro atoms. The molecule has 2 aromatic rings. The molecule has 0 saturated carbocycles. The van der Waals surface area contributed by atoms with Crippen molar-refractivity contribution < 1.29 is 19.1 Å². The van der Waals surface area contributed by atoms with Crippen LogP contribution in [0.3, 0.4) is 0 Å². The van der Waals surface area contributed by atoms with Crippen molar-refractivity contribution in [2.75, 3.05) is 13.2 Å². The Bertz CT molecular complexity index is 806. The van der Waals surface area contributed by atoms with E-state index in [2.05, 4.69) is 5.32 Å². The van der Waals surface area contributed by atoms with E-state index in [1.54, 1.807) is 0 Å². The van der Waals surface area contributed by atoms with E-state index >= 15 is 0 Å². The number of nitrogens with one attached hydrogen (secondary N) is 1. The number of benzene rings is 2. The van der Waals surface area contributed by atoms with Crippen LogP contribution in [-0.2, 0) is 17.8 Å². The Labute approximate surface area is 145 Å². The van der Waals surface area contributed by atoms with Gasteiger partial charge in [0.25, 0.3) is 5.91 Å². The van der Waals surface area contributed by atoms with Gasteiger partial charge in [-0.2, -0.15) is 0 Å². The third-order valence-electron chi connectivity index (χ3n) is 4.34. The van der Waals surface area contributed by atoms with Crippen LogP contribution < -0.4 is 14.8 Å². The van der Waals surface area contributed by atoms with Crippen molar-refractivity contribution in [3.05, 3.63) is 59.7 Å². The van der Waals surface area contributed by atoms with E-state index in [0.717, 1.165) is 11.1 Å². The zero-order valence-corrected chi connectivity index (χ0v) is 13.6. The fourth-order valence-corrected chi connectivity index (χ4v) is 3.08. The lowest BCUT2D eigenvalue weighted by Gasteiger charge is -2.20. The second-order valence-electron chi connectivity index (χ2n) is 6.09. The maximum Gasteiger partial charge on any atom is 0.325 e. The molecule has 0 radical (unpaired) electrons. The van der Waals surface area contributed by atoms with Crippen LogP contribution in [-0.4, -0.2) is 36.1 Å². The minimum Gasteiger partial charge on any atom is -0.486 e. The van der Waals surface area contributed by atoms with E-state index < -0.39 is 6.04 Å². The van der Waals surface area contributed by atoms with Gasteiger partial charge in [0, 0.05) is 6.42 Å². The summed E-state index contributed by atoms with van der Waals surface area (Å²) in [7, 11) is 0. The number of ether oxygens (including phenoxy) is 2. The van der Waals surface area contributed by atoms with Crippen molar-refractivity contribution in [1.29, 1.82) is 0 Å². The van der Waals surface area contributed by atoms with E-state index in [4.69, 9.17) is 9.47 Å². The Balaban J connectivity index is 1.47. The van der Waals surface area contributed by atoms with Gasteiger partial charge in [-0.05, 0) is 23.3 Å². The minimum atomic E-state index is -0.521. The van der Waals surface area contributed by atoms with E-state index in [1.807, 2.05) is 48.5 Å². The molecule has 2 aromatic carbocycles. The largest absolute Gasteiger partial charge is 0.486 e. The zero-order valence-electron chi connectivity index (χ0n) is 13.6. The first-order valence-corrected chi connectivity index (χ1v) is 8.25. The highest BCUT2D eigenvalue weighted by Gasteiger charge is 2.37. The molecule has 6 nitrogen and oxygen atoms in total. The number of imide groups is 1. The second-order valence-corrected chi connectivity index (χ2v) is 6.09. The van der Waals surface area contributed by atoms with E-state index in [1.165, 1.54) is 4.90 Å². The third-order valence-corrected chi connectivity index (χ3v) is 4.34. The molecular weight excluding hydrogens is 320 g/mol. The highest BCUT2D eigenvalue weighted by atomic mass is 16.6. The van der Waals surface area contributed by atoms with Gasteiger partial charge >= 0.3 is 6.03 Å². The smallest absolute Gasteiger partial charge is 0.325 e. The number of hydrogen-bond acceptors (Lipinski definition) is 4. The predicted octanol–water partition coefficient (Wildman–Crippen LogP) is 2.12. The van der Waals surface area contributed by atoms with Crippen LogP contribution in [0.25, 0.3) is 0 Å². The van der Waals surface area contributed by atoms with Crippen molar-refractivity contribution in [3.8, 4) is 11.5 Å². The van der Waals surface area contributed by atoms with Gasteiger partial charge in [0.2, 0.25) is 0 Å². The van der Waals surface area contributed by atoms with Gasteiger partial charge in [0.1, 0.15) is 19.3 Å². The molecule has 1 saturated heterocycles. The molecule has 0 unspecified atom stereocenters. The summed E-state index contributed by atoms with van der Waals surface area (Å²) in [6, 6.07) is 14.3. The SMILES string of the molecule is O=C1N[C@@H](Cc2ccccc2)C(=O)N1Cc1ccc2c(c1)OCCO2. The molecule has 2 aliphatic heterocycles. The summed E-state index contributed by atoms with van der Waals surface area (Å²) < 4.78 is 11.0. The molecule has 0 aromatic heterocycles. The average Bonchev–Trinajstić information content (AvgIpc) is 2.90. The first kappa shape index (κ1) is 15.5. The molecule has 128 valence electrons. The van der Waals surface area contributed by atoms with Gasteiger partial charge in [0.05, 0.1) is 6.54 Å². The Morgan fingerprint density at radius 3 is 2.52 bits per heavy atom. The molecule has 0 bridgehead atoms. The number of carbonyl (C=O) groups is 2. The molecule has 1 N–H and O–H groups in total. The van der Waals surface area contributed by atoms with Crippen LogP contribution in [0.2, 0.25) is 0 Å². The van der Waals surface area contributed by atoms with Crippen molar-refractivity contribution >= 4 is 11.9 Å². The number of fused-ring (bicyclic) bond motifs is 1. The molecule has 2 aliphatic rings. The van der Waals surface area contributed by atoms with E-state index in [9.17, 15) is 9.59 Å². The van der Waals surface area contributed by atoms with Gasteiger partial charge in [0.15, 0.2) is 11.5 Å². The first-order chi connectivity index (χ1) is 12.2. The topological polar surface area (TPSA) is 67.9 Å². The van der Waals surface area contributed by atoms with Crippen molar-refractivity contribution in [2.45, 2.75) is 19.0 Å². The van der Waals surface area contributed by atoms with Crippen molar-refractivity contribution in [2.24, 2.45) is 0 Å². The lowest BCUT2D eigenvalue weighted by Crippen LogP contribution is -2.32. The Kier molecular flexibility index (Phi) is 4.01. The monoisotopic (exact) mass is 338 g/mol. The van der Waals surface area contributed by atoms with Crippen LogP contribution in [0, 0.1) is 0 Å². The maximum atomic E-state index is 12.6. The number of carbonyl (C=O) groups excluding carboxylic acids is 2. The van der Waals surface area contributed by atoms with Crippen LogP contribution in [0.15, 0.2) is 48.5 Å². The zero-order chi connectivity index (χ0) is 17.2. The average molecular weight is 338 g/mol. The molecule has 2 heterocycles. The Morgan fingerprint density at radius 2 is 1.72 bits per heavy atom. The van der Waals surface area contributed by atoms with Gasteiger partial charge in [-0.1, -0.05) is 36.4 Å². The third kappa shape index (κ3) is 3.15. The number of rotatable bonds is 4. The number of amides is 3. The number of nitrogens with zero attached hydrogens (tertiary/aromatic N) is 1. The first-order valence-electron chi connectivity index (χ1n) is 8.25. The summed E-state index contributed by atoms with van der Waals surface area (Å²) in [5.74, 6) is 1.13. The van der Waals surface area contributed by atoms with Gasteiger partial charge in [-0.15, -0.1) is 0 Å². The van der Waals surface area contributed by atoms with E-state index in [-0.39, 0.29) is 18.5 Å². The van der Waals surface area contributed by atoms with Crippen LogP contribution in [0.1, 0.15) is 11.1 Å². The molecular formula is C19H18N2O4. The van der Waals surface area contributed by atoms with Crippen molar-refractivity contribution in [3.63, 3.8) is 0 Å². The summed E-state index contributed by atoms with van der Waals surface area (Å²) in [4.78, 5) is 26.1. The van der Waals surface area contributed by atoms with Crippen LogP contribution in [0.4, 0.5) is 4.79 Å². The lowest BCUT2D eigenvalue weighted by atomic mass is 10.1. The summed E-state index contributed by atoms with van der Waals surface area (Å²) in [5, 5.41) is 2.77. The van der Waals surface area contributed by atoms with Crippen LogP contribution >= 0.6 is 0 Å². The fraction of sp³-hybridized carbons (Fsp3) is 0.263. The Morgan fingerprint density at radius 1 is 0.960 bits per heavy atom. The van der Waals surface area contributed by atoms with Crippen LogP contribution in [0.5, 0.6) is 11.5 Å². The molecule has 1 fully saturated rings. The predicted molar refractivity (Wildman–Crippen MR) is 90.4 cm³/mol. The minimum absolute atomic E-state index is 0.205. The van der Waals surface area contributed by atoms with Crippen molar-refractivity contribution in [1.82, 2.24) is 10.2 Å². The van der Waals surface area contributed by atoms with E-state index in [0.29, 0.717) is 31.1 Å². The normalized spacial score (nSPS) is 19.0. The number of urea groups is 1. The molecule has 4 rings (SSSR count). The maximum absolute atomic E-state index is 12.6. The molecule has 1 atom stereocenters. The summed E-state index contributed by atoms with van der Waals surface area (Å²) in [6.07, 6.45) is 0.489. The van der Waals surface area contributed by atoms with Gasteiger partial charge < -0.3 is 14.8 Å². The molecule has 25 heavy (non-hydrogen) atoms. The lowest BCUT2D eigenvalue weighted by molar-refractivity contribution is -0.127. The van der Waals surface area contributed by atoms with Gasteiger partial charge in [-0.3, -0.25) is 9.69 Å². The summed E-state index contributed by atoms with van der Waals surface area (Å²) >= 11 is 0.